The van der Waals surface area contributed by atoms with Crippen molar-refractivity contribution in [3.8, 4) is 5.75 Å². The Balaban J connectivity index is 1.53. The molecule has 1 atom stereocenters. The Kier molecular flexibility index (Phi) is 7.87. The zero-order chi connectivity index (χ0) is 24.8. The molecule has 1 heterocycles. The van der Waals surface area contributed by atoms with Crippen molar-refractivity contribution in [3.05, 3.63) is 89.5 Å². The summed E-state index contributed by atoms with van der Waals surface area (Å²) in [7, 11) is 1.64. The second-order valence-corrected chi connectivity index (χ2v) is 9.66. The van der Waals surface area contributed by atoms with Crippen LogP contribution in [0.4, 0.5) is 11.4 Å². The van der Waals surface area contributed by atoms with Crippen LogP contribution in [-0.2, 0) is 16.0 Å². The first-order chi connectivity index (χ1) is 16.9. The number of methoxy groups -OCH3 is 1. The van der Waals surface area contributed by atoms with E-state index in [9.17, 15) is 9.59 Å². The maximum Gasteiger partial charge on any atom is 0.238 e. The standard InChI is InChI=1S/C28H29N3O3S/c1-19-9-14-24(20(2)17-19)30-27(33)25-18-26(32)31(16-15-21-10-12-23(34-3)13-11-21)28(35-25)29-22-7-5-4-6-8-22/h4-14,17,25H,15-16,18H2,1-3H3,(H,30,33)/t25-/m1/s1. The fraction of sp³-hybridized carbons (Fsp3) is 0.250. The fourth-order valence-electron chi connectivity index (χ4n) is 3.87. The van der Waals surface area contributed by atoms with Gasteiger partial charge in [-0.3, -0.25) is 14.5 Å². The van der Waals surface area contributed by atoms with Crippen LogP contribution in [0.2, 0.25) is 0 Å². The van der Waals surface area contributed by atoms with Crippen molar-refractivity contribution in [1.29, 1.82) is 0 Å². The average molecular weight is 488 g/mol. The number of amidine groups is 1. The van der Waals surface area contributed by atoms with Gasteiger partial charge < -0.3 is 10.1 Å². The third-order valence-electron chi connectivity index (χ3n) is 5.84. The number of amides is 2. The van der Waals surface area contributed by atoms with Gasteiger partial charge in [0.05, 0.1) is 12.8 Å². The van der Waals surface area contributed by atoms with Crippen LogP contribution in [0.3, 0.4) is 0 Å². The molecule has 0 aromatic heterocycles. The predicted molar refractivity (Wildman–Crippen MR) is 142 cm³/mol. The SMILES string of the molecule is COc1ccc(CCN2C(=O)C[C@H](C(=O)Nc3ccc(C)cc3C)SC2=Nc2ccccc2)cc1. The minimum Gasteiger partial charge on any atom is -0.497 e. The van der Waals surface area contributed by atoms with Gasteiger partial charge in [0.25, 0.3) is 0 Å². The van der Waals surface area contributed by atoms with E-state index < -0.39 is 5.25 Å². The van der Waals surface area contributed by atoms with E-state index in [0.717, 1.165) is 33.8 Å². The van der Waals surface area contributed by atoms with E-state index in [0.29, 0.717) is 18.1 Å². The van der Waals surface area contributed by atoms with Crippen molar-refractivity contribution in [2.24, 2.45) is 4.99 Å². The molecule has 1 aliphatic rings. The molecule has 3 aromatic rings. The predicted octanol–water partition coefficient (Wildman–Crippen LogP) is 5.52. The number of thioether (sulfide) groups is 1. The number of rotatable bonds is 7. The maximum absolute atomic E-state index is 13.2. The van der Waals surface area contributed by atoms with Crippen LogP contribution in [0.25, 0.3) is 0 Å². The van der Waals surface area contributed by atoms with Crippen LogP contribution in [0.1, 0.15) is 23.1 Å². The minimum absolute atomic E-state index is 0.104. The number of hydrogen-bond acceptors (Lipinski definition) is 5. The van der Waals surface area contributed by atoms with E-state index in [1.165, 1.54) is 11.8 Å². The Hall–Kier alpha value is -3.58. The second-order valence-electron chi connectivity index (χ2n) is 8.49. The highest BCUT2D eigenvalue weighted by molar-refractivity contribution is 8.15. The molecule has 0 spiro atoms. The molecule has 7 heteroatoms. The van der Waals surface area contributed by atoms with Crippen molar-refractivity contribution in [2.75, 3.05) is 19.0 Å². The lowest BCUT2D eigenvalue weighted by Crippen LogP contribution is -2.46. The molecule has 4 rings (SSSR count). The molecular formula is C28H29N3O3S. The topological polar surface area (TPSA) is 71.0 Å². The van der Waals surface area contributed by atoms with Gasteiger partial charge in [-0.25, -0.2) is 4.99 Å². The third-order valence-corrected chi connectivity index (χ3v) is 7.02. The Morgan fingerprint density at radius 2 is 1.83 bits per heavy atom. The minimum atomic E-state index is -0.553. The van der Waals surface area contributed by atoms with Gasteiger partial charge in [-0.2, -0.15) is 0 Å². The molecule has 0 saturated carbocycles. The summed E-state index contributed by atoms with van der Waals surface area (Å²) in [6, 6.07) is 23.2. The van der Waals surface area contributed by atoms with Gasteiger partial charge >= 0.3 is 0 Å². The third kappa shape index (κ3) is 6.31. The zero-order valence-corrected chi connectivity index (χ0v) is 21.0. The number of nitrogens with one attached hydrogen (secondary N) is 1. The summed E-state index contributed by atoms with van der Waals surface area (Å²) >= 11 is 1.34. The lowest BCUT2D eigenvalue weighted by atomic mass is 10.1. The quantitative estimate of drug-likeness (QED) is 0.477. The molecule has 180 valence electrons. The molecule has 0 aliphatic carbocycles. The van der Waals surface area contributed by atoms with Crippen molar-refractivity contribution in [3.63, 3.8) is 0 Å². The first-order valence-electron chi connectivity index (χ1n) is 11.5. The smallest absolute Gasteiger partial charge is 0.238 e. The number of anilines is 1. The molecule has 1 aliphatic heterocycles. The van der Waals surface area contributed by atoms with Crippen molar-refractivity contribution >= 4 is 40.1 Å². The van der Waals surface area contributed by atoms with Crippen LogP contribution in [0, 0.1) is 13.8 Å². The van der Waals surface area contributed by atoms with Gasteiger partial charge in [-0.15, -0.1) is 0 Å². The van der Waals surface area contributed by atoms with E-state index >= 15 is 0 Å². The molecule has 1 saturated heterocycles. The molecular weight excluding hydrogens is 458 g/mol. The van der Waals surface area contributed by atoms with Crippen LogP contribution in [-0.4, -0.2) is 40.8 Å². The highest BCUT2D eigenvalue weighted by Crippen LogP contribution is 2.30. The van der Waals surface area contributed by atoms with E-state index in [2.05, 4.69) is 5.32 Å². The van der Waals surface area contributed by atoms with Crippen LogP contribution in [0.15, 0.2) is 77.8 Å². The molecule has 0 unspecified atom stereocenters. The first-order valence-corrected chi connectivity index (χ1v) is 12.4. The van der Waals surface area contributed by atoms with Crippen molar-refractivity contribution in [1.82, 2.24) is 4.90 Å². The lowest BCUT2D eigenvalue weighted by molar-refractivity contribution is -0.129. The first kappa shape index (κ1) is 24.5. The number of aryl methyl sites for hydroxylation is 2. The molecule has 6 nitrogen and oxygen atoms in total. The summed E-state index contributed by atoms with van der Waals surface area (Å²) < 4.78 is 5.23. The number of ether oxygens (including phenoxy) is 1. The van der Waals surface area contributed by atoms with Crippen LogP contribution in [0.5, 0.6) is 5.75 Å². The number of hydrogen-bond donors (Lipinski definition) is 1. The van der Waals surface area contributed by atoms with Gasteiger partial charge in [-0.1, -0.05) is 59.8 Å². The van der Waals surface area contributed by atoms with E-state index in [4.69, 9.17) is 9.73 Å². The molecule has 0 radical (unpaired) electrons. The Bertz CT molecular complexity index is 1230. The summed E-state index contributed by atoms with van der Waals surface area (Å²) in [5, 5.41) is 2.99. The summed E-state index contributed by atoms with van der Waals surface area (Å²) in [4.78, 5) is 32.8. The number of aliphatic imine (C=N–C) groups is 1. The number of carbonyl (C=O) groups is 2. The van der Waals surface area contributed by atoms with E-state index in [1.807, 2.05) is 86.6 Å². The molecule has 35 heavy (non-hydrogen) atoms. The summed E-state index contributed by atoms with van der Waals surface area (Å²) in [6.45, 7) is 4.46. The molecule has 1 N–H and O–H groups in total. The highest BCUT2D eigenvalue weighted by atomic mass is 32.2. The van der Waals surface area contributed by atoms with E-state index in [1.54, 1.807) is 12.0 Å². The highest BCUT2D eigenvalue weighted by Gasteiger charge is 2.36. The summed E-state index contributed by atoms with van der Waals surface area (Å²) in [5.41, 5.74) is 4.72. The second kappa shape index (κ2) is 11.2. The number of para-hydroxylation sites is 1. The van der Waals surface area contributed by atoms with Gasteiger partial charge in [0, 0.05) is 18.7 Å². The summed E-state index contributed by atoms with van der Waals surface area (Å²) in [5.74, 6) is 0.501. The Labute approximate surface area is 210 Å². The normalized spacial score (nSPS) is 16.9. The van der Waals surface area contributed by atoms with Crippen molar-refractivity contribution in [2.45, 2.75) is 31.9 Å². The Morgan fingerprint density at radius 1 is 1.09 bits per heavy atom. The average Bonchev–Trinajstić information content (AvgIpc) is 2.86. The number of benzene rings is 3. The largest absolute Gasteiger partial charge is 0.497 e. The van der Waals surface area contributed by atoms with Gasteiger partial charge in [-0.05, 0) is 61.7 Å². The van der Waals surface area contributed by atoms with Gasteiger partial charge in [0.15, 0.2) is 5.17 Å². The van der Waals surface area contributed by atoms with Crippen LogP contribution < -0.4 is 10.1 Å². The molecule has 1 fully saturated rings. The lowest BCUT2D eigenvalue weighted by Gasteiger charge is -2.32. The Morgan fingerprint density at radius 3 is 2.51 bits per heavy atom. The monoisotopic (exact) mass is 487 g/mol. The van der Waals surface area contributed by atoms with Gasteiger partial charge in [0.2, 0.25) is 11.8 Å². The van der Waals surface area contributed by atoms with Gasteiger partial charge in [0.1, 0.15) is 11.0 Å². The molecule has 2 amide bonds. The fourth-order valence-corrected chi connectivity index (χ4v) is 5.00. The summed E-state index contributed by atoms with van der Waals surface area (Å²) in [6.07, 6.45) is 0.793. The number of nitrogens with zero attached hydrogens (tertiary/aromatic N) is 2. The maximum atomic E-state index is 13.2. The number of carbonyl (C=O) groups excluding carboxylic acids is 2. The molecule has 0 bridgehead atoms. The zero-order valence-electron chi connectivity index (χ0n) is 20.2. The molecule has 3 aromatic carbocycles. The van der Waals surface area contributed by atoms with Crippen molar-refractivity contribution < 1.29 is 14.3 Å². The van der Waals surface area contributed by atoms with Crippen LogP contribution >= 0.6 is 11.8 Å². The van der Waals surface area contributed by atoms with E-state index in [-0.39, 0.29) is 18.2 Å².